The van der Waals surface area contributed by atoms with E-state index >= 15 is 0 Å². The fraction of sp³-hybridized carbons (Fsp3) is 0.778. The van der Waals surface area contributed by atoms with Crippen LogP contribution in [0.3, 0.4) is 0 Å². The molecule has 0 radical (unpaired) electrons. The number of amides is 1. The second-order valence-electron chi connectivity index (χ2n) is 3.84. The Labute approximate surface area is 90.1 Å². The average molecular weight is 213 g/mol. The summed E-state index contributed by atoms with van der Waals surface area (Å²) in [6.07, 6.45) is 0.558. The number of ether oxygens (including phenoxy) is 2. The van der Waals surface area contributed by atoms with E-state index in [2.05, 4.69) is 4.74 Å². The van der Waals surface area contributed by atoms with Crippen LogP contribution in [0.15, 0.2) is 0 Å². The molecule has 15 heavy (non-hydrogen) atoms. The second-order valence-corrected chi connectivity index (χ2v) is 3.84. The molecule has 0 aromatic rings. The number of hydrogen-bond donors (Lipinski definition) is 0. The molecule has 6 heteroatoms. The number of nitrogens with zero attached hydrogens (tertiary/aromatic N) is 1. The lowest BCUT2D eigenvalue weighted by Gasteiger charge is -2.23. The fourth-order valence-electron chi connectivity index (χ4n) is 1.72. The van der Waals surface area contributed by atoms with Crippen molar-refractivity contribution >= 4 is 19.9 Å². The normalized spacial score (nSPS) is 25.7. The monoisotopic (exact) mass is 213 g/mol. The van der Waals surface area contributed by atoms with E-state index in [4.69, 9.17) is 4.74 Å². The molecule has 1 rings (SSSR count). The van der Waals surface area contributed by atoms with Crippen molar-refractivity contribution in [1.29, 1.82) is 0 Å². The molecule has 84 valence electrons. The fourth-order valence-corrected chi connectivity index (χ4v) is 1.72. The van der Waals surface area contributed by atoms with Gasteiger partial charge in [0.05, 0.1) is 13.7 Å². The van der Waals surface area contributed by atoms with E-state index in [1.165, 1.54) is 7.11 Å². The highest BCUT2D eigenvalue weighted by Gasteiger charge is 2.33. The van der Waals surface area contributed by atoms with E-state index in [9.17, 15) is 9.59 Å². The van der Waals surface area contributed by atoms with Gasteiger partial charge in [0.1, 0.15) is 6.61 Å². The summed E-state index contributed by atoms with van der Waals surface area (Å²) in [6.45, 7) is 2.34. The van der Waals surface area contributed by atoms with Gasteiger partial charge in [-0.2, -0.15) is 0 Å². The Morgan fingerprint density at radius 1 is 1.67 bits per heavy atom. The molecular weight excluding hydrogens is 197 g/mol. The summed E-state index contributed by atoms with van der Waals surface area (Å²) >= 11 is 0. The number of carbonyl (C=O) groups is 2. The Balaban J connectivity index is 2.32. The minimum absolute atomic E-state index is 0.0538. The van der Waals surface area contributed by atoms with Crippen LogP contribution >= 0.6 is 0 Å². The molecule has 1 fully saturated rings. The van der Waals surface area contributed by atoms with Crippen LogP contribution < -0.4 is 0 Å². The van der Waals surface area contributed by atoms with Gasteiger partial charge in [-0.3, -0.25) is 4.79 Å². The van der Waals surface area contributed by atoms with E-state index in [1.807, 2.05) is 6.92 Å². The van der Waals surface area contributed by atoms with Gasteiger partial charge in [0.15, 0.2) is 0 Å². The smallest absolute Gasteiger partial charge is 0.331 e. The van der Waals surface area contributed by atoms with Gasteiger partial charge in [0.2, 0.25) is 13.9 Å². The van der Waals surface area contributed by atoms with Crippen LogP contribution in [0.5, 0.6) is 0 Å². The molecule has 0 aromatic carbocycles. The van der Waals surface area contributed by atoms with Gasteiger partial charge in [0, 0.05) is 12.5 Å². The molecule has 0 N–H and O–H groups in total. The predicted molar refractivity (Wildman–Crippen MR) is 55.8 cm³/mol. The standard InChI is InChI=1S/C9H16BNO4/c1-6-3-8(12)11(10)7(6)4-15-5-9(13)14-2/h6-7H,3-5,10H2,1-2H3. The number of carbonyl (C=O) groups excluding carboxylic acids is 2. The van der Waals surface area contributed by atoms with Gasteiger partial charge >= 0.3 is 5.97 Å². The number of methoxy groups -OCH3 is 1. The summed E-state index contributed by atoms with van der Waals surface area (Å²) in [5.41, 5.74) is 0. The van der Waals surface area contributed by atoms with Crippen molar-refractivity contribution in [2.45, 2.75) is 19.4 Å². The summed E-state index contributed by atoms with van der Waals surface area (Å²) in [5.74, 6) is 0.0175. The van der Waals surface area contributed by atoms with E-state index in [-0.39, 0.29) is 24.5 Å². The summed E-state index contributed by atoms with van der Waals surface area (Å²) in [5, 5.41) is 0. The molecule has 2 unspecified atom stereocenters. The van der Waals surface area contributed by atoms with Crippen molar-refractivity contribution in [1.82, 2.24) is 4.81 Å². The zero-order valence-electron chi connectivity index (χ0n) is 9.36. The van der Waals surface area contributed by atoms with Gasteiger partial charge in [-0.15, -0.1) is 0 Å². The maximum Gasteiger partial charge on any atom is 0.331 e. The zero-order chi connectivity index (χ0) is 11.4. The molecule has 1 heterocycles. The largest absolute Gasteiger partial charge is 0.467 e. The molecule has 0 aliphatic carbocycles. The van der Waals surface area contributed by atoms with Crippen LogP contribution in [0.2, 0.25) is 0 Å². The highest BCUT2D eigenvalue weighted by Crippen LogP contribution is 2.23. The minimum atomic E-state index is -0.394. The third kappa shape index (κ3) is 2.96. The predicted octanol–water partition coefficient (Wildman–Crippen LogP) is -1.04. The van der Waals surface area contributed by atoms with Crippen LogP contribution in [-0.4, -0.2) is 51.0 Å². The highest BCUT2D eigenvalue weighted by molar-refractivity contribution is 6.15. The van der Waals surface area contributed by atoms with E-state index in [0.29, 0.717) is 13.0 Å². The SMILES string of the molecule is BN1C(=O)CC(C)C1COCC(=O)OC. The summed E-state index contributed by atoms with van der Waals surface area (Å²) in [7, 11) is 3.08. The molecule has 1 aliphatic heterocycles. The molecule has 0 bridgehead atoms. The maximum atomic E-state index is 11.3. The van der Waals surface area contributed by atoms with Crippen LogP contribution in [0.25, 0.3) is 0 Å². The van der Waals surface area contributed by atoms with Crippen molar-refractivity contribution in [2.24, 2.45) is 5.92 Å². The first-order chi connectivity index (χ1) is 7.06. The molecule has 1 amide bonds. The molecule has 0 saturated carbocycles. The molecule has 2 atom stereocenters. The third-order valence-corrected chi connectivity index (χ3v) is 2.78. The van der Waals surface area contributed by atoms with Crippen LogP contribution in [0.1, 0.15) is 13.3 Å². The quantitative estimate of drug-likeness (QED) is 0.442. The second kappa shape index (κ2) is 5.16. The number of esters is 1. The molecule has 1 aliphatic rings. The molecule has 0 spiro atoms. The van der Waals surface area contributed by atoms with Gasteiger partial charge < -0.3 is 14.3 Å². The Hall–Kier alpha value is -1.04. The van der Waals surface area contributed by atoms with Gasteiger partial charge in [-0.25, -0.2) is 4.79 Å². The average Bonchev–Trinajstić information content (AvgIpc) is 2.44. The minimum Gasteiger partial charge on any atom is -0.467 e. The summed E-state index contributed by atoms with van der Waals surface area (Å²) in [6, 6.07) is 0.0714. The molecule has 1 saturated heterocycles. The molecule has 5 nitrogen and oxygen atoms in total. The van der Waals surface area contributed by atoms with Gasteiger partial charge in [-0.1, -0.05) is 6.92 Å². The van der Waals surface area contributed by atoms with Crippen molar-refractivity contribution in [3.63, 3.8) is 0 Å². The van der Waals surface area contributed by atoms with Crippen molar-refractivity contribution in [3.05, 3.63) is 0 Å². The van der Waals surface area contributed by atoms with E-state index in [0.717, 1.165) is 0 Å². The lowest BCUT2D eigenvalue weighted by Crippen LogP contribution is -2.36. The van der Waals surface area contributed by atoms with Crippen LogP contribution in [-0.2, 0) is 19.1 Å². The van der Waals surface area contributed by atoms with Crippen molar-refractivity contribution in [2.75, 3.05) is 20.3 Å². The first-order valence-electron chi connectivity index (χ1n) is 4.96. The Bertz CT molecular complexity index is 258. The highest BCUT2D eigenvalue weighted by atomic mass is 16.6. The Kier molecular flexibility index (Phi) is 4.14. The lowest BCUT2D eigenvalue weighted by molar-refractivity contribution is -0.146. The lowest BCUT2D eigenvalue weighted by atomic mass is 10.0. The zero-order valence-corrected chi connectivity index (χ0v) is 9.36. The third-order valence-electron chi connectivity index (χ3n) is 2.78. The summed E-state index contributed by atoms with van der Waals surface area (Å²) < 4.78 is 9.64. The van der Waals surface area contributed by atoms with Crippen molar-refractivity contribution in [3.8, 4) is 0 Å². The maximum absolute atomic E-state index is 11.3. The van der Waals surface area contributed by atoms with Crippen LogP contribution in [0.4, 0.5) is 0 Å². The van der Waals surface area contributed by atoms with Crippen molar-refractivity contribution < 1.29 is 19.1 Å². The van der Waals surface area contributed by atoms with Gasteiger partial charge in [-0.05, 0) is 5.92 Å². The first-order valence-corrected chi connectivity index (χ1v) is 4.96. The first kappa shape index (κ1) is 12.0. The van der Waals surface area contributed by atoms with E-state index < -0.39 is 5.97 Å². The van der Waals surface area contributed by atoms with E-state index in [1.54, 1.807) is 12.8 Å². The van der Waals surface area contributed by atoms with Gasteiger partial charge in [0.25, 0.3) is 0 Å². The Morgan fingerprint density at radius 3 is 2.80 bits per heavy atom. The Morgan fingerprint density at radius 2 is 2.33 bits per heavy atom. The molecule has 0 aromatic heterocycles. The van der Waals surface area contributed by atoms with Crippen LogP contribution in [0, 0.1) is 5.92 Å². The number of rotatable bonds is 4. The topological polar surface area (TPSA) is 55.8 Å². The summed E-state index contributed by atoms with van der Waals surface area (Å²) in [4.78, 5) is 23.8. The molecular formula is C9H16BNO4. The number of hydrogen-bond acceptors (Lipinski definition) is 4.